The maximum absolute atomic E-state index is 9.19. The summed E-state index contributed by atoms with van der Waals surface area (Å²) >= 11 is 6.25. The summed E-state index contributed by atoms with van der Waals surface area (Å²) in [6.45, 7) is 3.23. The van der Waals surface area contributed by atoms with Gasteiger partial charge in [0.05, 0.1) is 12.1 Å². The van der Waals surface area contributed by atoms with Gasteiger partial charge in [-0.3, -0.25) is 0 Å². The summed E-state index contributed by atoms with van der Waals surface area (Å²) in [5.74, 6) is 0. The average molecular weight is 309 g/mol. The standard InChI is InChI=1S/C16H21ClN2O2/c1-16(7-8-20,11-21-2)18-10-13-9-12-5-3-4-6-14(12)19-15(13)17/h3-6,9,18,20H,7-8,10-11H2,1-2H3. The largest absolute Gasteiger partial charge is 0.396 e. The van der Waals surface area contributed by atoms with E-state index in [0.717, 1.165) is 16.5 Å². The molecule has 114 valence electrons. The van der Waals surface area contributed by atoms with E-state index in [0.29, 0.717) is 24.7 Å². The van der Waals surface area contributed by atoms with Crippen molar-refractivity contribution < 1.29 is 9.84 Å². The first-order chi connectivity index (χ1) is 10.1. The number of halogens is 1. The summed E-state index contributed by atoms with van der Waals surface area (Å²) in [7, 11) is 1.65. The van der Waals surface area contributed by atoms with Crippen LogP contribution in [0.15, 0.2) is 30.3 Å². The Morgan fingerprint density at radius 2 is 2.14 bits per heavy atom. The molecule has 0 fully saturated rings. The molecule has 1 heterocycles. The molecule has 0 bridgehead atoms. The molecule has 5 heteroatoms. The number of pyridine rings is 1. The molecule has 2 aromatic rings. The maximum atomic E-state index is 9.19. The Morgan fingerprint density at radius 1 is 1.38 bits per heavy atom. The Balaban J connectivity index is 2.17. The normalized spacial score (nSPS) is 14.3. The van der Waals surface area contributed by atoms with Crippen molar-refractivity contribution in [2.75, 3.05) is 20.3 Å². The van der Waals surface area contributed by atoms with Crippen molar-refractivity contribution in [3.05, 3.63) is 41.0 Å². The first kappa shape index (κ1) is 16.2. The third-order valence-electron chi connectivity index (χ3n) is 3.58. The topological polar surface area (TPSA) is 54.4 Å². The predicted molar refractivity (Wildman–Crippen MR) is 85.6 cm³/mol. The van der Waals surface area contributed by atoms with Crippen molar-refractivity contribution in [2.24, 2.45) is 0 Å². The zero-order chi connectivity index (χ0) is 15.3. The number of aliphatic hydroxyl groups is 1. The molecule has 4 nitrogen and oxygen atoms in total. The first-order valence-corrected chi connectivity index (χ1v) is 7.35. The smallest absolute Gasteiger partial charge is 0.134 e. The lowest BCUT2D eigenvalue weighted by Gasteiger charge is -2.29. The minimum Gasteiger partial charge on any atom is -0.396 e. The molecular formula is C16H21ClN2O2. The van der Waals surface area contributed by atoms with Crippen LogP contribution in [0.1, 0.15) is 18.9 Å². The fraction of sp³-hybridized carbons (Fsp3) is 0.438. The molecule has 0 saturated carbocycles. The molecule has 0 radical (unpaired) electrons. The molecular weight excluding hydrogens is 288 g/mol. The zero-order valence-electron chi connectivity index (χ0n) is 12.4. The van der Waals surface area contributed by atoms with Gasteiger partial charge in [0.15, 0.2) is 0 Å². The number of fused-ring (bicyclic) bond motifs is 1. The van der Waals surface area contributed by atoms with E-state index in [1.54, 1.807) is 7.11 Å². The fourth-order valence-electron chi connectivity index (χ4n) is 2.35. The molecule has 0 amide bonds. The monoisotopic (exact) mass is 308 g/mol. The van der Waals surface area contributed by atoms with Crippen LogP contribution in [0.4, 0.5) is 0 Å². The number of rotatable bonds is 7. The molecule has 1 aromatic carbocycles. The predicted octanol–water partition coefficient (Wildman–Crippen LogP) is 2.77. The van der Waals surface area contributed by atoms with Crippen molar-refractivity contribution in [2.45, 2.75) is 25.4 Å². The number of para-hydroxylation sites is 1. The molecule has 0 spiro atoms. The van der Waals surface area contributed by atoms with Gasteiger partial charge < -0.3 is 15.2 Å². The van der Waals surface area contributed by atoms with Gasteiger partial charge in [0.1, 0.15) is 5.15 Å². The third-order valence-corrected chi connectivity index (χ3v) is 3.91. The van der Waals surface area contributed by atoms with Gasteiger partial charge >= 0.3 is 0 Å². The Morgan fingerprint density at radius 3 is 2.86 bits per heavy atom. The Labute approximate surface area is 130 Å². The van der Waals surface area contributed by atoms with Crippen LogP contribution in [0.2, 0.25) is 5.15 Å². The van der Waals surface area contributed by atoms with E-state index in [2.05, 4.69) is 10.3 Å². The second-order valence-corrected chi connectivity index (χ2v) is 5.81. The highest BCUT2D eigenvalue weighted by molar-refractivity contribution is 6.30. The lowest BCUT2D eigenvalue weighted by atomic mass is 9.99. The van der Waals surface area contributed by atoms with E-state index >= 15 is 0 Å². The van der Waals surface area contributed by atoms with Crippen LogP contribution < -0.4 is 5.32 Å². The molecule has 2 N–H and O–H groups in total. The SMILES string of the molecule is COCC(C)(CCO)NCc1cc2ccccc2nc1Cl. The van der Waals surface area contributed by atoms with Gasteiger partial charge in [0.25, 0.3) is 0 Å². The number of methoxy groups -OCH3 is 1. The molecule has 1 unspecified atom stereocenters. The van der Waals surface area contributed by atoms with Crippen LogP contribution in [0.5, 0.6) is 0 Å². The first-order valence-electron chi connectivity index (χ1n) is 6.97. The van der Waals surface area contributed by atoms with E-state index in [-0.39, 0.29) is 12.1 Å². The highest BCUT2D eigenvalue weighted by Crippen LogP contribution is 2.21. The van der Waals surface area contributed by atoms with Crippen LogP contribution in [0.3, 0.4) is 0 Å². The van der Waals surface area contributed by atoms with Crippen LogP contribution >= 0.6 is 11.6 Å². The summed E-state index contributed by atoms with van der Waals surface area (Å²) in [6.07, 6.45) is 0.611. The van der Waals surface area contributed by atoms with E-state index < -0.39 is 0 Å². The molecule has 1 atom stereocenters. The van der Waals surface area contributed by atoms with Crippen molar-refractivity contribution in [3.63, 3.8) is 0 Å². The number of benzene rings is 1. The minimum atomic E-state index is -0.293. The quantitative estimate of drug-likeness (QED) is 0.772. The van der Waals surface area contributed by atoms with Gasteiger partial charge in [-0.25, -0.2) is 4.98 Å². The molecule has 0 aliphatic carbocycles. The van der Waals surface area contributed by atoms with Gasteiger partial charge in [-0.15, -0.1) is 0 Å². The summed E-state index contributed by atoms with van der Waals surface area (Å²) in [5, 5.41) is 14.2. The molecule has 0 aliphatic rings. The number of aliphatic hydroxyl groups excluding tert-OH is 1. The highest BCUT2D eigenvalue weighted by Gasteiger charge is 2.23. The highest BCUT2D eigenvalue weighted by atomic mass is 35.5. The number of hydrogen-bond donors (Lipinski definition) is 2. The molecule has 0 saturated heterocycles. The summed E-state index contributed by atoms with van der Waals surface area (Å²) in [6, 6.07) is 9.93. The maximum Gasteiger partial charge on any atom is 0.134 e. The van der Waals surface area contributed by atoms with Crippen LogP contribution in [-0.4, -0.2) is 36.0 Å². The lowest BCUT2D eigenvalue weighted by Crippen LogP contribution is -2.46. The summed E-state index contributed by atoms with van der Waals surface area (Å²) in [5.41, 5.74) is 1.54. The number of hydrogen-bond acceptors (Lipinski definition) is 4. The molecule has 21 heavy (non-hydrogen) atoms. The van der Waals surface area contributed by atoms with Crippen LogP contribution in [0.25, 0.3) is 10.9 Å². The summed E-state index contributed by atoms with van der Waals surface area (Å²) in [4.78, 5) is 4.41. The second-order valence-electron chi connectivity index (χ2n) is 5.45. The molecule has 0 aliphatic heterocycles. The van der Waals surface area contributed by atoms with Crippen molar-refractivity contribution in [3.8, 4) is 0 Å². The van der Waals surface area contributed by atoms with Crippen LogP contribution in [-0.2, 0) is 11.3 Å². The van der Waals surface area contributed by atoms with Crippen molar-refractivity contribution >= 4 is 22.5 Å². The van der Waals surface area contributed by atoms with E-state index in [1.807, 2.05) is 37.3 Å². The van der Waals surface area contributed by atoms with Gasteiger partial charge in [0, 0.05) is 36.8 Å². The number of nitrogens with zero attached hydrogens (tertiary/aromatic N) is 1. The van der Waals surface area contributed by atoms with Gasteiger partial charge in [-0.05, 0) is 25.5 Å². The van der Waals surface area contributed by atoms with Gasteiger partial charge in [-0.2, -0.15) is 0 Å². The van der Waals surface area contributed by atoms with E-state index in [4.69, 9.17) is 16.3 Å². The average Bonchev–Trinajstić information content (AvgIpc) is 2.45. The fourth-order valence-corrected chi connectivity index (χ4v) is 2.56. The van der Waals surface area contributed by atoms with Crippen molar-refractivity contribution in [1.82, 2.24) is 10.3 Å². The Kier molecular flexibility index (Phi) is 5.53. The van der Waals surface area contributed by atoms with Crippen LogP contribution in [0, 0.1) is 0 Å². The molecule has 2 rings (SSSR count). The van der Waals surface area contributed by atoms with Crippen molar-refractivity contribution in [1.29, 1.82) is 0 Å². The number of ether oxygens (including phenoxy) is 1. The van der Waals surface area contributed by atoms with Gasteiger partial charge in [-0.1, -0.05) is 29.8 Å². The zero-order valence-corrected chi connectivity index (χ0v) is 13.2. The van der Waals surface area contributed by atoms with E-state index in [9.17, 15) is 5.11 Å². The number of aromatic nitrogens is 1. The number of nitrogens with one attached hydrogen (secondary N) is 1. The lowest BCUT2D eigenvalue weighted by molar-refractivity contribution is 0.0969. The second kappa shape index (κ2) is 7.18. The van der Waals surface area contributed by atoms with Gasteiger partial charge in [0.2, 0.25) is 0 Å². The Bertz CT molecular complexity index is 598. The molecule has 1 aromatic heterocycles. The van der Waals surface area contributed by atoms with E-state index in [1.165, 1.54) is 0 Å². The minimum absolute atomic E-state index is 0.108. The third kappa shape index (κ3) is 4.14. The summed E-state index contributed by atoms with van der Waals surface area (Å²) < 4.78 is 5.23. The Hall–Kier alpha value is -1.20.